The van der Waals surface area contributed by atoms with Crippen LogP contribution in [-0.4, -0.2) is 51.9 Å². The molecule has 3 aromatic rings. The fourth-order valence-corrected chi connectivity index (χ4v) is 3.52. The van der Waals surface area contributed by atoms with Crippen LogP contribution in [0.25, 0.3) is 22.3 Å². The molecule has 0 aliphatic heterocycles. The SMILES string of the molecule is CCOc1ccc2oc(-c3ccc(OC)c(OC)c3)cc(=NCCN(CC)CC)c2c1. The lowest BCUT2D eigenvalue weighted by atomic mass is 10.1. The van der Waals surface area contributed by atoms with Gasteiger partial charge in [0.2, 0.25) is 0 Å². The van der Waals surface area contributed by atoms with E-state index in [1.165, 1.54) is 0 Å². The van der Waals surface area contributed by atoms with Crippen molar-refractivity contribution in [2.45, 2.75) is 20.8 Å². The zero-order valence-electron chi connectivity index (χ0n) is 19.1. The van der Waals surface area contributed by atoms with E-state index in [0.717, 1.165) is 53.0 Å². The molecule has 0 amide bonds. The molecule has 0 atom stereocenters. The van der Waals surface area contributed by atoms with Gasteiger partial charge in [0, 0.05) is 23.6 Å². The lowest BCUT2D eigenvalue weighted by Gasteiger charge is -2.16. The van der Waals surface area contributed by atoms with Crippen LogP contribution >= 0.6 is 0 Å². The van der Waals surface area contributed by atoms with Crippen molar-refractivity contribution in [3.63, 3.8) is 0 Å². The predicted molar refractivity (Wildman–Crippen MR) is 124 cm³/mol. The van der Waals surface area contributed by atoms with Crippen molar-refractivity contribution in [3.05, 3.63) is 47.8 Å². The second kappa shape index (κ2) is 10.9. The van der Waals surface area contributed by atoms with E-state index in [1.807, 2.05) is 49.4 Å². The molecule has 0 saturated carbocycles. The quantitative estimate of drug-likeness (QED) is 0.470. The van der Waals surface area contributed by atoms with Gasteiger partial charge in [-0.05, 0) is 56.4 Å². The summed E-state index contributed by atoms with van der Waals surface area (Å²) in [7, 11) is 3.25. The molecule has 1 aromatic heterocycles. The number of hydrogen-bond acceptors (Lipinski definition) is 6. The molecule has 0 radical (unpaired) electrons. The molecule has 1 heterocycles. The third-order valence-electron chi connectivity index (χ3n) is 5.29. The Morgan fingerprint density at radius 3 is 2.35 bits per heavy atom. The Labute approximate surface area is 184 Å². The van der Waals surface area contributed by atoms with Gasteiger partial charge in [-0.3, -0.25) is 4.99 Å². The molecule has 3 rings (SSSR count). The highest BCUT2D eigenvalue weighted by Gasteiger charge is 2.11. The van der Waals surface area contributed by atoms with Crippen LogP contribution in [0.2, 0.25) is 0 Å². The van der Waals surface area contributed by atoms with Gasteiger partial charge in [0.25, 0.3) is 0 Å². The Bertz CT molecular complexity index is 1070. The van der Waals surface area contributed by atoms with Crippen molar-refractivity contribution in [2.24, 2.45) is 4.99 Å². The molecule has 0 fully saturated rings. The summed E-state index contributed by atoms with van der Waals surface area (Å²) < 4.78 is 22.8. The van der Waals surface area contributed by atoms with Gasteiger partial charge < -0.3 is 23.5 Å². The molecular formula is C25H32N2O4. The highest BCUT2D eigenvalue weighted by Crippen LogP contribution is 2.33. The summed E-state index contributed by atoms with van der Waals surface area (Å²) in [5, 5.41) is 1.83. The summed E-state index contributed by atoms with van der Waals surface area (Å²) in [5.74, 6) is 2.86. The molecule has 0 spiro atoms. The fraction of sp³-hybridized carbons (Fsp3) is 0.400. The molecule has 0 saturated heterocycles. The van der Waals surface area contributed by atoms with E-state index in [4.69, 9.17) is 23.6 Å². The Morgan fingerprint density at radius 1 is 0.903 bits per heavy atom. The zero-order valence-corrected chi connectivity index (χ0v) is 19.1. The maximum Gasteiger partial charge on any atom is 0.161 e. The smallest absolute Gasteiger partial charge is 0.161 e. The molecule has 6 nitrogen and oxygen atoms in total. The number of fused-ring (bicyclic) bond motifs is 1. The third-order valence-corrected chi connectivity index (χ3v) is 5.29. The number of methoxy groups -OCH3 is 2. The molecule has 2 aromatic carbocycles. The van der Waals surface area contributed by atoms with Gasteiger partial charge in [-0.1, -0.05) is 13.8 Å². The third kappa shape index (κ3) is 5.39. The highest BCUT2D eigenvalue weighted by atomic mass is 16.5. The summed E-state index contributed by atoms with van der Waals surface area (Å²) in [6.07, 6.45) is 0. The van der Waals surface area contributed by atoms with Crippen LogP contribution in [0.4, 0.5) is 0 Å². The van der Waals surface area contributed by atoms with Crippen molar-refractivity contribution in [2.75, 3.05) is 47.0 Å². The zero-order chi connectivity index (χ0) is 22.2. The maximum absolute atomic E-state index is 6.24. The molecule has 0 N–H and O–H groups in total. The monoisotopic (exact) mass is 424 g/mol. The molecule has 0 bridgehead atoms. The Balaban J connectivity index is 2.10. The first-order chi connectivity index (χ1) is 15.1. The Morgan fingerprint density at radius 2 is 1.68 bits per heavy atom. The van der Waals surface area contributed by atoms with Crippen LogP contribution in [0.15, 0.2) is 51.9 Å². The van der Waals surface area contributed by atoms with Crippen molar-refractivity contribution < 1.29 is 18.6 Å². The molecular weight excluding hydrogens is 392 g/mol. The van der Waals surface area contributed by atoms with Crippen LogP contribution < -0.4 is 19.6 Å². The minimum atomic E-state index is 0.612. The van der Waals surface area contributed by atoms with Gasteiger partial charge in [0.1, 0.15) is 17.1 Å². The topological polar surface area (TPSA) is 56.4 Å². The van der Waals surface area contributed by atoms with E-state index in [0.29, 0.717) is 24.7 Å². The van der Waals surface area contributed by atoms with E-state index in [1.54, 1.807) is 14.2 Å². The normalized spacial score (nSPS) is 11.9. The van der Waals surface area contributed by atoms with E-state index >= 15 is 0 Å². The maximum atomic E-state index is 6.24. The highest BCUT2D eigenvalue weighted by molar-refractivity contribution is 5.80. The largest absolute Gasteiger partial charge is 0.494 e. The standard InChI is InChI=1S/C25H32N2O4/c1-6-27(7-2)14-13-26-21-17-24(18-9-11-23(28-4)25(15-18)29-5)31-22-12-10-19(30-8-3)16-20(21)22/h9-12,15-17H,6-8,13-14H2,1-5H3. The van der Waals surface area contributed by atoms with E-state index in [9.17, 15) is 0 Å². The lowest BCUT2D eigenvalue weighted by molar-refractivity contribution is 0.312. The predicted octanol–water partition coefficient (Wildman–Crippen LogP) is 4.76. The van der Waals surface area contributed by atoms with Gasteiger partial charge in [-0.2, -0.15) is 0 Å². The average Bonchev–Trinajstić information content (AvgIpc) is 2.81. The van der Waals surface area contributed by atoms with Crippen LogP contribution in [0, 0.1) is 0 Å². The fourth-order valence-electron chi connectivity index (χ4n) is 3.52. The molecule has 31 heavy (non-hydrogen) atoms. The number of hydrogen-bond donors (Lipinski definition) is 0. The van der Waals surface area contributed by atoms with Gasteiger partial charge in [-0.15, -0.1) is 0 Å². The molecule has 0 aliphatic carbocycles. The van der Waals surface area contributed by atoms with E-state index < -0.39 is 0 Å². The Kier molecular flexibility index (Phi) is 7.95. The summed E-state index contributed by atoms with van der Waals surface area (Å²) in [4.78, 5) is 7.28. The summed E-state index contributed by atoms with van der Waals surface area (Å²) in [5.41, 5.74) is 1.66. The second-order valence-corrected chi connectivity index (χ2v) is 7.07. The van der Waals surface area contributed by atoms with Crippen molar-refractivity contribution in [3.8, 4) is 28.6 Å². The van der Waals surface area contributed by atoms with Crippen molar-refractivity contribution >= 4 is 11.0 Å². The molecule has 166 valence electrons. The minimum absolute atomic E-state index is 0.612. The van der Waals surface area contributed by atoms with Crippen LogP contribution in [0.5, 0.6) is 17.2 Å². The summed E-state index contributed by atoms with van der Waals surface area (Å²) in [6, 6.07) is 13.6. The first kappa shape index (κ1) is 22.7. The van der Waals surface area contributed by atoms with Gasteiger partial charge in [0.15, 0.2) is 11.5 Å². The van der Waals surface area contributed by atoms with E-state index in [2.05, 4.69) is 18.7 Å². The van der Waals surface area contributed by atoms with Crippen molar-refractivity contribution in [1.29, 1.82) is 0 Å². The molecule has 0 aliphatic rings. The van der Waals surface area contributed by atoms with Gasteiger partial charge in [-0.25, -0.2) is 0 Å². The average molecular weight is 425 g/mol. The lowest BCUT2D eigenvalue weighted by Crippen LogP contribution is -2.26. The first-order valence-electron chi connectivity index (χ1n) is 10.8. The van der Waals surface area contributed by atoms with Gasteiger partial charge >= 0.3 is 0 Å². The van der Waals surface area contributed by atoms with Gasteiger partial charge in [0.05, 0.1) is 32.7 Å². The van der Waals surface area contributed by atoms with E-state index in [-0.39, 0.29) is 0 Å². The first-order valence-corrected chi connectivity index (χ1v) is 10.8. The van der Waals surface area contributed by atoms with Crippen LogP contribution in [0.1, 0.15) is 20.8 Å². The second-order valence-electron chi connectivity index (χ2n) is 7.07. The van der Waals surface area contributed by atoms with Crippen molar-refractivity contribution in [1.82, 2.24) is 4.90 Å². The number of likely N-dealkylation sites (N-methyl/N-ethyl adjacent to an activating group) is 1. The summed E-state index contributed by atoms with van der Waals surface area (Å²) in [6.45, 7) is 10.6. The minimum Gasteiger partial charge on any atom is -0.494 e. The number of benzene rings is 2. The Hall–Kier alpha value is -2.99. The van der Waals surface area contributed by atoms with Crippen LogP contribution in [0.3, 0.4) is 0 Å². The molecule has 0 unspecified atom stereocenters. The summed E-state index contributed by atoms with van der Waals surface area (Å²) >= 11 is 0. The van der Waals surface area contributed by atoms with Crippen LogP contribution in [-0.2, 0) is 0 Å². The number of ether oxygens (including phenoxy) is 3. The number of nitrogens with zero attached hydrogens (tertiary/aromatic N) is 2. The molecule has 6 heteroatoms. The number of rotatable bonds is 10.